The lowest BCUT2D eigenvalue weighted by Gasteiger charge is -2.17. The summed E-state index contributed by atoms with van der Waals surface area (Å²) in [7, 11) is 0. The topological polar surface area (TPSA) is 93.3 Å². The van der Waals surface area contributed by atoms with E-state index in [1.807, 2.05) is 0 Å². The van der Waals surface area contributed by atoms with E-state index in [9.17, 15) is 9.59 Å². The molecule has 0 aliphatic carbocycles. The van der Waals surface area contributed by atoms with Crippen molar-refractivity contribution in [3.05, 3.63) is 45.5 Å². The Morgan fingerprint density at radius 2 is 2.25 bits per heavy atom. The number of carbonyl (C=O) groups excluding carboxylic acids is 1. The minimum Gasteiger partial charge on any atom is -0.361 e. The zero-order valence-electron chi connectivity index (χ0n) is 13.9. The van der Waals surface area contributed by atoms with E-state index in [4.69, 9.17) is 4.52 Å². The van der Waals surface area contributed by atoms with E-state index in [0.29, 0.717) is 30.1 Å². The molecule has 0 aromatic carbocycles. The van der Waals surface area contributed by atoms with Crippen LogP contribution in [-0.4, -0.2) is 38.6 Å². The highest BCUT2D eigenvalue weighted by Crippen LogP contribution is 2.09. The Kier molecular flexibility index (Phi) is 4.75. The van der Waals surface area contributed by atoms with Crippen molar-refractivity contribution >= 4 is 5.91 Å². The second-order valence-corrected chi connectivity index (χ2v) is 5.85. The SMILES string of the molecule is CCN1CCCn2c(nc(CNC(=O)c3cnoc3C)cc2=O)C1. The molecule has 0 saturated carbocycles. The standard InChI is InChI=1S/C16H21N5O3/c1-3-20-5-4-6-21-14(10-20)19-12(7-15(21)22)8-17-16(23)13-9-18-24-11(13)2/h7,9H,3-6,8,10H2,1-2H3,(H,17,23). The number of hydrogen-bond donors (Lipinski definition) is 1. The summed E-state index contributed by atoms with van der Waals surface area (Å²) in [5.41, 5.74) is 0.883. The number of hydrogen-bond acceptors (Lipinski definition) is 6. The summed E-state index contributed by atoms with van der Waals surface area (Å²) in [5.74, 6) is 0.925. The van der Waals surface area contributed by atoms with Gasteiger partial charge >= 0.3 is 0 Å². The van der Waals surface area contributed by atoms with Gasteiger partial charge in [-0.05, 0) is 19.9 Å². The third-order valence-corrected chi connectivity index (χ3v) is 4.23. The fourth-order valence-electron chi connectivity index (χ4n) is 2.84. The van der Waals surface area contributed by atoms with Crippen LogP contribution < -0.4 is 10.9 Å². The summed E-state index contributed by atoms with van der Waals surface area (Å²) in [6.07, 6.45) is 2.31. The average Bonchev–Trinajstić information content (AvgIpc) is 2.88. The Hall–Kier alpha value is -2.48. The molecule has 0 bridgehead atoms. The Morgan fingerprint density at radius 3 is 2.96 bits per heavy atom. The second kappa shape index (κ2) is 6.96. The van der Waals surface area contributed by atoms with Crippen molar-refractivity contribution in [2.45, 2.75) is 39.9 Å². The summed E-state index contributed by atoms with van der Waals surface area (Å²) in [6.45, 7) is 7.18. The lowest BCUT2D eigenvalue weighted by atomic mass is 10.2. The molecular weight excluding hydrogens is 310 g/mol. The molecule has 8 nitrogen and oxygen atoms in total. The van der Waals surface area contributed by atoms with Gasteiger partial charge in [-0.1, -0.05) is 12.1 Å². The molecule has 0 atom stereocenters. The van der Waals surface area contributed by atoms with E-state index >= 15 is 0 Å². The molecule has 0 fully saturated rings. The molecule has 2 aromatic heterocycles. The van der Waals surface area contributed by atoms with Crippen molar-refractivity contribution < 1.29 is 9.32 Å². The molecule has 1 N–H and O–H groups in total. The van der Waals surface area contributed by atoms with E-state index in [-0.39, 0.29) is 18.0 Å². The van der Waals surface area contributed by atoms with Crippen molar-refractivity contribution in [3.8, 4) is 0 Å². The summed E-state index contributed by atoms with van der Waals surface area (Å²) in [5, 5.41) is 6.34. The first-order chi connectivity index (χ1) is 11.6. The van der Waals surface area contributed by atoms with E-state index in [1.54, 1.807) is 11.5 Å². The van der Waals surface area contributed by atoms with E-state index in [1.165, 1.54) is 12.3 Å². The van der Waals surface area contributed by atoms with E-state index in [0.717, 1.165) is 25.3 Å². The van der Waals surface area contributed by atoms with Crippen molar-refractivity contribution in [2.75, 3.05) is 13.1 Å². The molecule has 0 saturated heterocycles. The van der Waals surface area contributed by atoms with Gasteiger partial charge < -0.3 is 9.84 Å². The predicted molar refractivity (Wildman–Crippen MR) is 86.5 cm³/mol. The molecule has 0 unspecified atom stereocenters. The lowest BCUT2D eigenvalue weighted by molar-refractivity contribution is 0.0948. The van der Waals surface area contributed by atoms with Gasteiger partial charge in [-0.3, -0.25) is 19.1 Å². The van der Waals surface area contributed by atoms with Crippen LogP contribution in [0.25, 0.3) is 0 Å². The number of nitrogens with zero attached hydrogens (tertiary/aromatic N) is 4. The molecule has 24 heavy (non-hydrogen) atoms. The maximum atomic E-state index is 12.3. The van der Waals surface area contributed by atoms with Gasteiger partial charge in [0.15, 0.2) is 0 Å². The van der Waals surface area contributed by atoms with Crippen LogP contribution in [-0.2, 0) is 19.6 Å². The number of carbonyl (C=O) groups is 1. The van der Waals surface area contributed by atoms with Crippen LogP contribution >= 0.6 is 0 Å². The molecule has 0 spiro atoms. The quantitative estimate of drug-likeness (QED) is 0.886. The summed E-state index contributed by atoms with van der Waals surface area (Å²) >= 11 is 0. The van der Waals surface area contributed by atoms with Gasteiger partial charge in [0.05, 0.1) is 25.0 Å². The van der Waals surface area contributed by atoms with Crippen LogP contribution in [0.5, 0.6) is 0 Å². The summed E-state index contributed by atoms with van der Waals surface area (Å²) in [6, 6.07) is 1.49. The Labute approximate surface area is 139 Å². The van der Waals surface area contributed by atoms with Gasteiger partial charge in [-0.25, -0.2) is 4.98 Å². The van der Waals surface area contributed by atoms with Gasteiger partial charge in [0.25, 0.3) is 11.5 Å². The molecule has 1 aliphatic rings. The minimum absolute atomic E-state index is 0.0663. The van der Waals surface area contributed by atoms with Crippen LogP contribution in [0.15, 0.2) is 21.6 Å². The van der Waals surface area contributed by atoms with Crippen LogP contribution in [0.3, 0.4) is 0 Å². The van der Waals surface area contributed by atoms with Crippen LogP contribution in [0, 0.1) is 6.92 Å². The predicted octanol–water partition coefficient (Wildman–Crippen LogP) is 0.695. The van der Waals surface area contributed by atoms with Gasteiger partial charge in [0.1, 0.15) is 17.1 Å². The highest BCUT2D eigenvalue weighted by atomic mass is 16.5. The Morgan fingerprint density at radius 1 is 1.42 bits per heavy atom. The zero-order valence-corrected chi connectivity index (χ0v) is 13.9. The monoisotopic (exact) mass is 331 g/mol. The van der Waals surface area contributed by atoms with Crippen LogP contribution in [0.1, 0.15) is 41.0 Å². The molecule has 128 valence electrons. The molecule has 1 amide bonds. The zero-order chi connectivity index (χ0) is 17.1. The largest absolute Gasteiger partial charge is 0.361 e. The van der Waals surface area contributed by atoms with Gasteiger partial charge in [0, 0.05) is 19.2 Å². The fraction of sp³-hybridized carbons (Fsp3) is 0.500. The first-order valence-corrected chi connectivity index (χ1v) is 8.10. The first-order valence-electron chi connectivity index (χ1n) is 8.10. The smallest absolute Gasteiger partial charge is 0.256 e. The number of nitrogens with one attached hydrogen (secondary N) is 1. The molecule has 1 aliphatic heterocycles. The van der Waals surface area contributed by atoms with E-state index < -0.39 is 0 Å². The summed E-state index contributed by atoms with van der Waals surface area (Å²) in [4.78, 5) is 31.3. The summed E-state index contributed by atoms with van der Waals surface area (Å²) < 4.78 is 6.61. The van der Waals surface area contributed by atoms with Gasteiger partial charge in [0.2, 0.25) is 0 Å². The van der Waals surface area contributed by atoms with Crippen molar-refractivity contribution in [3.63, 3.8) is 0 Å². The van der Waals surface area contributed by atoms with Crippen molar-refractivity contribution in [2.24, 2.45) is 0 Å². The second-order valence-electron chi connectivity index (χ2n) is 5.85. The van der Waals surface area contributed by atoms with Crippen molar-refractivity contribution in [1.82, 2.24) is 24.9 Å². The highest BCUT2D eigenvalue weighted by molar-refractivity contribution is 5.94. The number of aromatic nitrogens is 3. The third-order valence-electron chi connectivity index (χ3n) is 4.23. The molecule has 0 radical (unpaired) electrons. The number of aryl methyl sites for hydroxylation is 1. The Balaban J connectivity index is 1.76. The maximum absolute atomic E-state index is 12.3. The minimum atomic E-state index is -0.291. The van der Waals surface area contributed by atoms with E-state index in [2.05, 4.69) is 27.3 Å². The number of rotatable bonds is 4. The van der Waals surface area contributed by atoms with Crippen LogP contribution in [0.4, 0.5) is 0 Å². The Bertz CT molecular complexity index is 795. The molecular formula is C16H21N5O3. The normalized spacial score (nSPS) is 14.9. The molecule has 2 aromatic rings. The number of amides is 1. The molecule has 3 heterocycles. The van der Waals surface area contributed by atoms with Crippen LogP contribution in [0.2, 0.25) is 0 Å². The lowest BCUT2D eigenvalue weighted by Crippen LogP contribution is -2.30. The molecule has 8 heteroatoms. The van der Waals surface area contributed by atoms with Gasteiger partial charge in [-0.15, -0.1) is 0 Å². The first kappa shape index (κ1) is 16.4. The maximum Gasteiger partial charge on any atom is 0.256 e. The average molecular weight is 331 g/mol. The van der Waals surface area contributed by atoms with Gasteiger partial charge in [-0.2, -0.15) is 0 Å². The van der Waals surface area contributed by atoms with Crippen molar-refractivity contribution in [1.29, 1.82) is 0 Å². The highest BCUT2D eigenvalue weighted by Gasteiger charge is 2.17. The third kappa shape index (κ3) is 3.38. The molecule has 3 rings (SSSR count). The fourth-order valence-corrected chi connectivity index (χ4v) is 2.84. The number of fused-ring (bicyclic) bond motifs is 1.